The number of rotatable bonds is 7. The Morgan fingerprint density at radius 1 is 0.882 bits per heavy atom. The molecule has 3 N–H and O–H groups in total. The highest BCUT2D eigenvalue weighted by Crippen LogP contribution is 2.44. The van der Waals surface area contributed by atoms with Gasteiger partial charge in [-0.2, -0.15) is 0 Å². The summed E-state index contributed by atoms with van der Waals surface area (Å²) >= 11 is 0. The van der Waals surface area contributed by atoms with Crippen LogP contribution in [0.3, 0.4) is 0 Å². The minimum absolute atomic E-state index is 0.0282. The van der Waals surface area contributed by atoms with Crippen molar-refractivity contribution >= 4 is 23.7 Å². The van der Waals surface area contributed by atoms with Crippen LogP contribution in [0.2, 0.25) is 0 Å². The molecule has 3 aromatic rings. The second kappa shape index (κ2) is 9.79. The zero-order valence-electron chi connectivity index (χ0n) is 18.9. The molecule has 0 saturated heterocycles. The molecule has 0 radical (unpaired) electrons. The lowest BCUT2D eigenvalue weighted by Gasteiger charge is -2.22. The largest absolute Gasteiger partial charge is 0.478 e. The molecule has 1 atom stereocenters. The van der Waals surface area contributed by atoms with Crippen LogP contribution in [0.25, 0.3) is 11.1 Å². The number of carboxylic acid groups (broad SMARTS) is 1. The number of carbonyl (C=O) groups is 3. The SMILES string of the molecule is CC(C)C(NC(=O)OCC1c2ccccc2-c2ccccc21)C(=O)Nc1ccccc1C(=O)O. The molecular formula is C27H26N2O5. The molecule has 1 aliphatic carbocycles. The van der Waals surface area contributed by atoms with Crippen molar-refractivity contribution in [3.05, 3.63) is 89.5 Å². The smallest absolute Gasteiger partial charge is 0.407 e. The quantitative estimate of drug-likeness (QED) is 0.468. The molecule has 0 saturated carbocycles. The van der Waals surface area contributed by atoms with E-state index >= 15 is 0 Å². The first-order valence-corrected chi connectivity index (χ1v) is 11.1. The summed E-state index contributed by atoms with van der Waals surface area (Å²) in [4.78, 5) is 37.0. The van der Waals surface area contributed by atoms with Crippen LogP contribution in [0.1, 0.15) is 41.3 Å². The molecule has 7 heteroatoms. The summed E-state index contributed by atoms with van der Waals surface area (Å²) in [6.45, 7) is 3.71. The topological polar surface area (TPSA) is 105 Å². The number of alkyl carbamates (subject to hydrolysis) is 1. The van der Waals surface area contributed by atoms with Crippen LogP contribution in [0.15, 0.2) is 72.8 Å². The van der Waals surface area contributed by atoms with Gasteiger partial charge in [-0.25, -0.2) is 9.59 Å². The van der Waals surface area contributed by atoms with Gasteiger partial charge in [-0.1, -0.05) is 74.5 Å². The number of carboxylic acids is 1. The molecule has 2 amide bonds. The maximum absolute atomic E-state index is 12.9. The molecule has 34 heavy (non-hydrogen) atoms. The van der Waals surface area contributed by atoms with Crippen molar-refractivity contribution in [3.63, 3.8) is 0 Å². The van der Waals surface area contributed by atoms with E-state index in [1.165, 1.54) is 12.1 Å². The Bertz CT molecular complexity index is 1190. The maximum atomic E-state index is 12.9. The first-order chi connectivity index (χ1) is 16.4. The molecule has 0 spiro atoms. The van der Waals surface area contributed by atoms with Gasteiger partial charge in [-0.3, -0.25) is 4.79 Å². The minimum Gasteiger partial charge on any atom is -0.478 e. The molecule has 0 aromatic heterocycles. The van der Waals surface area contributed by atoms with Gasteiger partial charge in [0.25, 0.3) is 0 Å². The summed E-state index contributed by atoms with van der Waals surface area (Å²) in [6, 6.07) is 21.3. The average Bonchev–Trinajstić information content (AvgIpc) is 3.15. The number of carbonyl (C=O) groups excluding carboxylic acids is 2. The van der Waals surface area contributed by atoms with Crippen molar-refractivity contribution in [2.45, 2.75) is 25.8 Å². The molecule has 174 valence electrons. The Morgan fingerprint density at radius 2 is 1.44 bits per heavy atom. The third kappa shape index (κ3) is 4.64. The van der Waals surface area contributed by atoms with Crippen molar-refractivity contribution in [1.82, 2.24) is 5.32 Å². The second-order valence-electron chi connectivity index (χ2n) is 8.53. The van der Waals surface area contributed by atoms with Crippen LogP contribution in [0, 0.1) is 5.92 Å². The van der Waals surface area contributed by atoms with Gasteiger partial charge in [0.1, 0.15) is 12.6 Å². The lowest BCUT2D eigenvalue weighted by atomic mass is 9.98. The number of anilines is 1. The van der Waals surface area contributed by atoms with E-state index in [9.17, 15) is 19.5 Å². The van der Waals surface area contributed by atoms with Crippen molar-refractivity contribution in [1.29, 1.82) is 0 Å². The van der Waals surface area contributed by atoms with Crippen LogP contribution < -0.4 is 10.6 Å². The van der Waals surface area contributed by atoms with Gasteiger partial charge in [0.15, 0.2) is 0 Å². The fourth-order valence-corrected chi connectivity index (χ4v) is 4.29. The monoisotopic (exact) mass is 458 g/mol. The Morgan fingerprint density at radius 3 is 2.03 bits per heavy atom. The zero-order chi connectivity index (χ0) is 24.2. The van der Waals surface area contributed by atoms with E-state index in [0.717, 1.165) is 22.3 Å². The number of ether oxygens (including phenoxy) is 1. The first kappa shape index (κ1) is 23.0. The standard InChI is InChI=1S/C27H26N2O5/c1-16(2)24(25(30)28-23-14-8-7-13-21(23)26(31)32)29-27(33)34-15-22-19-11-5-3-9-17(19)18-10-4-6-12-20(18)22/h3-14,16,22,24H,15H2,1-2H3,(H,28,30)(H,29,33)(H,31,32). The Balaban J connectivity index is 1.43. The van der Waals surface area contributed by atoms with Gasteiger partial charge in [0.05, 0.1) is 11.3 Å². The number of amides is 2. The van der Waals surface area contributed by atoms with Crippen LogP contribution in [-0.4, -0.2) is 35.7 Å². The number of para-hydroxylation sites is 1. The van der Waals surface area contributed by atoms with E-state index in [4.69, 9.17) is 4.74 Å². The molecule has 0 aliphatic heterocycles. The van der Waals surface area contributed by atoms with Gasteiger partial charge in [-0.15, -0.1) is 0 Å². The van der Waals surface area contributed by atoms with E-state index in [2.05, 4.69) is 22.8 Å². The molecule has 1 aliphatic rings. The van der Waals surface area contributed by atoms with Gasteiger partial charge in [0.2, 0.25) is 5.91 Å². The van der Waals surface area contributed by atoms with Crippen LogP contribution in [0.4, 0.5) is 10.5 Å². The zero-order valence-corrected chi connectivity index (χ0v) is 18.9. The van der Waals surface area contributed by atoms with Gasteiger partial charge < -0.3 is 20.5 Å². The summed E-state index contributed by atoms with van der Waals surface area (Å²) in [5.41, 5.74) is 4.59. The number of benzene rings is 3. The highest BCUT2D eigenvalue weighted by atomic mass is 16.5. The number of hydrogen-bond donors (Lipinski definition) is 3. The molecule has 0 fully saturated rings. The van der Waals surface area contributed by atoms with Crippen molar-refractivity contribution in [2.75, 3.05) is 11.9 Å². The highest BCUT2D eigenvalue weighted by Gasteiger charge is 2.30. The third-order valence-corrected chi connectivity index (χ3v) is 5.98. The number of hydrogen-bond acceptors (Lipinski definition) is 4. The van der Waals surface area contributed by atoms with Crippen molar-refractivity contribution < 1.29 is 24.2 Å². The third-order valence-electron chi connectivity index (χ3n) is 5.98. The molecule has 7 nitrogen and oxygen atoms in total. The van der Waals surface area contributed by atoms with Crippen molar-refractivity contribution in [2.24, 2.45) is 5.92 Å². The predicted molar refractivity (Wildman–Crippen MR) is 129 cm³/mol. The van der Waals surface area contributed by atoms with Crippen LogP contribution in [0.5, 0.6) is 0 Å². The van der Waals surface area contributed by atoms with E-state index < -0.39 is 24.0 Å². The second-order valence-corrected chi connectivity index (χ2v) is 8.53. The van der Waals surface area contributed by atoms with Crippen LogP contribution >= 0.6 is 0 Å². The summed E-state index contributed by atoms with van der Waals surface area (Å²) in [5.74, 6) is -2.01. The lowest BCUT2D eigenvalue weighted by molar-refractivity contribution is -0.119. The fraction of sp³-hybridized carbons (Fsp3) is 0.222. The Labute approximate surface area is 197 Å². The first-order valence-electron chi connectivity index (χ1n) is 11.1. The maximum Gasteiger partial charge on any atom is 0.407 e. The van der Waals surface area contributed by atoms with Crippen molar-refractivity contribution in [3.8, 4) is 11.1 Å². The predicted octanol–water partition coefficient (Wildman–Crippen LogP) is 4.89. The molecule has 1 unspecified atom stereocenters. The lowest BCUT2D eigenvalue weighted by Crippen LogP contribution is -2.47. The summed E-state index contributed by atoms with van der Waals surface area (Å²) in [6.07, 6.45) is -0.706. The normalized spacial score (nSPS) is 13.0. The van der Waals surface area contributed by atoms with Gasteiger partial charge >= 0.3 is 12.1 Å². The molecular weight excluding hydrogens is 432 g/mol. The molecule has 4 rings (SSSR count). The van der Waals surface area contributed by atoms with Gasteiger partial charge in [-0.05, 0) is 40.3 Å². The highest BCUT2D eigenvalue weighted by molar-refractivity contribution is 6.02. The number of nitrogens with one attached hydrogen (secondary N) is 2. The minimum atomic E-state index is -1.15. The number of aromatic carboxylic acids is 1. The van der Waals surface area contributed by atoms with E-state index in [0.29, 0.717) is 0 Å². The average molecular weight is 459 g/mol. The summed E-state index contributed by atoms with van der Waals surface area (Å²) in [5, 5.41) is 14.6. The molecule has 0 heterocycles. The fourth-order valence-electron chi connectivity index (χ4n) is 4.29. The van der Waals surface area contributed by atoms with Gasteiger partial charge in [0, 0.05) is 5.92 Å². The van der Waals surface area contributed by atoms with E-state index in [1.807, 2.05) is 36.4 Å². The van der Waals surface area contributed by atoms with Crippen LogP contribution in [-0.2, 0) is 9.53 Å². The van der Waals surface area contributed by atoms with E-state index in [1.54, 1.807) is 26.0 Å². The molecule has 0 bridgehead atoms. The Hall–Kier alpha value is -4.13. The summed E-state index contributed by atoms with van der Waals surface area (Å²) < 4.78 is 5.56. The molecule has 3 aromatic carbocycles. The summed E-state index contributed by atoms with van der Waals surface area (Å²) in [7, 11) is 0. The number of fused-ring (bicyclic) bond motifs is 3. The Kier molecular flexibility index (Phi) is 6.63. The van der Waals surface area contributed by atoms with E-state index in [-0.39, 0.29) is 29.7 Å².